The quantitative estimate of drug-likeness (QED) is 0.790. The zero-order chi connectivity index (χ0) is 17.1. The van der Waals surface area contributed by atoms with Gasteiger partial charge < -0.3 is 5.32 Å². The van der Waals surface area contributed by atoms with Crippen LogP contribution in [0.25, 0.3) is 11.4 Å². The number of aryl methyl sites for hydroxylation is 1. The molecule has 2 aromatic carbocycles. The van der Waals surface area contributed by atoms with Crippen molar-refractivity contribution in [3.05, 3.63) is 58.6 Å². The van der Waals surface area contributed by atoms with Gasteiger partial charge in [0.15, 0.2) is 5.82 Å². The molecule has 3 rings (SSSR count). The van der Waals surface area contributed by atoms with Crippen molar-refractivity contribution in [3.8, 4) is 11.4 Å². The lowest BCUT2D eigenvalue weighted by Crippen LogP contribution is -2.20. The number of halogens is 1. The van der Waals surface area contributed by atoms with Crippen LogP contribution in [0.2, 0.25) is 5.02 Å². The van der Waals surface area contributed by atoms with Gasteiger partial charge in [-0.1, -0.05) is 47.5 Å². The Bertz CT molecular complexity index is 873. The highest BCUT2D eigenvalue weighted by Gasteiger charge is 2.13. The zero-order valence-electron chi connectivity index (χ0n) is 13.3. The van der Waals surface area contributed by atoms with E-state index in [-0.39, 0.29) is 12.5 Å². The highest BCUT2D eigenvalue weighted by atomic mass is 35.5. The van der Waals surface area contributed by atoms with E-state index in [1.807, 2.05) is 38.1 Å². The summed E-state index contributed by atoms with van der Waals surface area (Å²) in [6, 6.07) is 13.2. The number of carbonyl (C=O) groups is 1. The minimum atomic E-state index is -0.221. The van der Waals surface area contributed by atoms with Crippen LogP contribution in [-0.4, -0.2) is 26.1 Å². The van der Waals surface area contributed by atoms with Crippen LogP contribution in [-0.2, 0) is 11.3 Å². The second-order valence-electron chi connectivity index (χ2n) is 5.49. The Labute approximate surface area is 144 Å². The smallest absolute Gasteiger partial charge is 0.246 e. The van der Waals surface area contributed by atoms with Gasteiger partial charge in [0.2, 0.25) is 5.91 Å². The highest BCUT2D eigenvalue weighted by molar-refractivity contribution is 6.31. The molecule has 0 saturated heterocycles. The van der Waals surface area contributed by atoms with Crippen LogP contribution in [0.15, 0.2) is 42.5 Å². The molecule has 0 saturated carbocycles. The second kappa shape index (κ2) is 6.80. The van der Waals surface area contributed by atoms with E-state index in [0.29, 0.717) is 16.5 Å². The Morgan fingerprint density at radius 2 is 1.92 bits per heavy atom. The molecule has 6 nitrogen and oxygen atoms in total. The first-order valence-electron chi connectivity index (χ1n) is 7.43. The maximum absolute atomic E-state index is 12.3. The van der Waals surface area contributed by atoms with Gasteiger partial charge in [0, 0.05) is 16.3 Å². The van der Waals surface area contributed by atoms with Gasteiger partial charge in [0.25, 0.3) is 0 Å². The summed E-state index contributed by atoms with van der Waals surface area (Å²) in [7, 11) is 0. The number of carbonyl (C=O) groups excluding carboxylic acids is 1. The fourth-order valence-corrected chi connectivity index (χ4v) is 2.46. The van der Waals surface area contributed by atoms with Crippen LogP contribution in [0.4, 0.5) is 5.69 Å². The number of hydrogen-bond acceptors (Lipinski definition) is 4. The third-order valence-corrected chi connectivity index (χ3v) is 4.09. The van der Waals surface area contributed by atoms with Crippen molar-refractivity contribution in [1.29, 1.82) is 0 Å². The number of nitrogens with zero attached hydrogens (tertiary/aromatic N) is 4. The third-order valence-electron chi connectivity index (χ3n) is 3.68. The van der Waals surface area contributed by atoms with E-state index in [1.165, 1.54) is 4.68 Å². The standard InChI is InChI=1S/C17H16ClN5O/c1-11-6-8-13(9-7-11)17-20-21-22-23(17)10-16(24)19-15-5-3-4-14(18)12(15)2/h3-9H,10H2,1-2H3,(H,19,24). The molecule has 0 aliphatic heterocycles. The van der Waals surface area contributed by atoms with Gasteiger partial charge in [-0.05, 0) is 42.0 Å². The Hall–Kier alpha value is -2.73. The maximum Gasteiger partial charge on any atom is 0.246 e. The van der Waals surface area contributed by atoms with Gasteiger partial charge in [0.1, 0.15) is 6.54 Å². The van der Waals surface area contributed by atoms with Crippen molar-refractivity contribution in [2.45, 2.75) is 20.4 Å². The van der Waals surface area contributed by atoms with Crippen LogP contribution >= 0.6 is 11.6 Å². The van der Waals surface area contributed by atoms with Crippen LogP contribution < -0.4 is 5.32 Å². The summed E-state index contributed by atoms with van der Waals surface area (Å²) in [6.45, 7) is 3.88. The number of benzene rings is 2. The van der Waals surface area contributed by atoms with Gasteiger partial charge in [-0.2, -0.15) is 0 Å². The van der Waals surface area contributed by atoms with Crippen molar-refractivity contribution in [3.63, 3.8) is 0 Å². The Kier molecular flexibility index (Phi) is 4.57. The molecule has 0 bridgehead atoms. The molecule has 1 heterocycles. The molecular weight excluding hydrogens is 326 g/mol. The van der Waals surface area contributed by atoms with Crippen LogP contribution in [0.3, 0.4) is 0 Å². The molecule has 1 amide bonds. The molecule has 0 aliphatic rings. The van der Waals surface area contributed by atoms with Crippen molar-refractivity contribution in [2.75, 3.05) is 5.32 Å². The Morgan fingerprint density at radius 1 is 1.17 bits per heavy atom. The minimum absolute atomic E-state index is 0.0160. The molecule has 0 fully saturated rings. The topological polar surface area (TPSA) is 72.7 Å². The SMILES string of the molecule is Cc1ccc(-c2nnnn2CC(=O)Nc2cccc(Cl)c2C)cc1. The lowest BCUT2D eigenvalue weighted by atomic mass is 10.1. The van der Waals surface area contributed by atoms with E-state index in [1.54, 1.807) is 18.2 Å². The van der Waals surface area contributed by atoms with Crippen LogP contribution in [0.5, 0.6) is 0 Å². The van der Waals surface area contributed by atoms with E-state index in [2.05, 4.69) is 20.8 Å². The molecule has 0 spiro atoms. The lowest BCUT2D eigenvalue weighted by Gasteiger charge is -2.10. The first-order valence-corrected chi connectivity index (χ1v) is 7.80. The Balaban J connectivity index is 1.77. The van der Waals surface area contributed by atoms with Gasteiger partial charge in [-0.3, -0.25) is 4.79 Å². The van der Waals surface area contributed by atoms with E-state index in [4.69, 9.17) is 11.6 Å². The molecule has 0 aliphatic carbocycles. The predicted molar refractivity (Wildman–Crippen MR) is 92.8 cm³/mol. The molecule has 0 radical (unpaired) electrons. The Morgan fingerprint density at radius 3 is 2.67 bits per heavy atom. The van der Waals surface area contributed by atoms with Crippen molar-refractivity contribution < 1.29 is 4.79 Å². The molecular formula is C17H16ClN5O. The van der Waals surface area contributed by atoms with Crippen molar-refractivity contribution in [2.24, 2.45) is 0 Å². The molecule has 7 heteroatoms. The van der Waals surface area contributed by atoms with Crippen molar-refractivity contribution >= 4 is 23.2 Å². The van der Waals surface area contributed by atoms with E-state index < -0.39 is 0 Å². The third kappa shape index (κ3) is 3.44. The van der Waals surface area contributed by atoms with Gasteiger partial charge in [-0.25, -0.2) is 4.68 Å². The summed E-state index contributed by atoms with van der Waals surface area (Å²) in [6.07, 6.45) is 0. The fraction of sp³-hybridized carbons (Fsp3) is 0.176. The number of tetrazole rings is 1. The van der Waals surface area contributed by atoms with Gasteiger partial charge >= 0.3 is 0 Å². The predicted octanol–water partition coefficient (Wildman–Crippen LogP) is 3.25. The molecule has 0 unspecified atom stereocenters. The van der Waals surface area contributed by atoms with Crippen LogP contribution in [0, 0.1) is 13.8 Å². The molecule has 0 atom stereocenters. The van der Waals surface area contributed by atoms with E-state index >= 15 is 0 Å². The summed E-state index contributed by atoms with van der Waals surface area (Å²) in [5.41, 5.74) is 3.50. The monoisotopic (exact) mass is 341 g/mol. The molecule has 24 heavy (non-hydrogen) atoms. The average molecular weight is 342 g/mol. The number of anilines is 1. The number of aromatic nitrogens is 4. The molecule has 122 valence electrons. The first kappa shape index (κ1) is 16.1. The molecule has 3 aromatic rings. The summed E-state index contributed by atoms with van der Waals surface area (Å²) in [5, 5.41) is 15.0. The number of amides is 1. The summed E-state index contributed by atoms with van der Waals surface area (Å²) in [4.78, 5) is 12.3. The number of nitrogens with one attached hydrogen (secondary N) is 1. The minimum Gasteiger partial charge on any atom is -0.324 e. The summed E-state index contributed by atoms with van der Waals surface area (Å²) < 4.78 is 1.47. The molecule has 1 N–H and O–H groups in total. The first-order chi connectivity index (χ1) is 11.5. The van der Waals surface area contributed by atoms with E-state index in [9.17, 15) is 4.79 Å². The van der Waals surface area contributed by atoms with Crippen LogP contribution in [0.1, 0.15) is 11.1 Å². The largest absolute Gasteiger partial charge is 0.324 e. The fourth-order valence-electron chi connectivity index (χ4n) is 2.29. The van der Waals surface area contributed by atoms with Gasteiger partial charge in [0.05, 0.1) is 0 Å². The maximum atomic E-state index is 12.3. The zero-order valence-corrected chi connectivity index (χ0v) is 14.1. The van der Waals surface area contributed by atoms with Gasteiger partial charge in [-0.15, -0.1) is 5.10 Å². The molecule has 1 aromatic heterocycles. The number of hydrogen-bond donors (Lipinski definition) is 1. The lowest BCUT2D eigenvalue weighted by molar-refractivity contribution is -0.116. The summed E-state index contributed by atoms with van der Waals surface area (Å²) >= 11 is 6.07. The van der Waals surface area contributed by atoms with E-state index in [0.717, 1.165) is 16.7 Å². The average Bonchev–Trinajstić information content (AvgIpc) is 3.00. The highest BCUT2D eigenvalue weighted by Crippen LogP contribution is 2.23. The second-order valence-corrected chi connectivity index (χ2v) is 5.89. The van der Waals surface area contributed by atoms with Crippen molar-refractivity contribution in [1.82, 2.24) is 20.2 Å². The number of rotatable bonds is 4. The summed E-state index contributed by atoms with van der Waals surface area (Å²) in [5.74, 6) is 0.328. The normalized spacial score (nSPS) is 10.6.